The zero-order chi connectivity index (χ0) is 23.6. The van der Waals surface area contributed by atoms with E-state index in [0.29, 0.717) is 0 Å². The Morgan fingerprint density at radius 1 is 0.906 bits per heavy atom. The van der Waals surface area contributed by atoms with Gasteiger partial charge in [0, 0.05) is 17.5 Å². The molecule has 1 unspecified atom stereocenters. The molecule has 1 atom stereocenters. The van der Waals surface area contributed by atoms with Gasteiger partial charge in [-0.05, 0) is 49.6 Å². The van der Waals surface area contributed by atoms with Gasteiger partial charge in [0.05, 0.1) is 15.7 Å². The average molecular weight is 496 g/mol. The van der Waals surface area contributed by atoms with Gasteiger partial charge in [0.25, 0.3) is 20.0 Å². The summed E-state index contributed by atoms with van der Waals surface area (Å²) in [6.07, 6.45) is 0. The number of carbonyl (C=O) groups excluding carboxylic acids is 1. The predicted molar refractivity (Wildman–Crippen MR) is 121 cm³/mol. The molecule has 6 nitrogen and oxygen atoms in total. The van der Waals surface area contributed by atoms with Gasteiger partial charge in [-0.3, -0.25) is 4.79 Å². The number of benzene rings is 2. The minimum absolute atomic E-state index is 0.194. The Bertz CT molecular complexity index is 1200. The molecule has 0 fully saturated rings. The minimum atomic E-state index is -4.64. The number of hydrogen-bond acceptors (Lipinski definition) is 6. The van der Waals surface area contributed by atoms with Crippen LogP contribution in [0.4, 0.5) is 4.39 Å². The third-order valence-corrected chi connectivity index (χ3v) is 9.87. The van der Waals surface area contributed by atoms with Crippen molar-refractivity contribution in [2.75, 3.05) is 6.54 Å². The van der Waals surface area contributed by atoms with Crippen molar-refractivity contribution in [1.82, 2.24) is 3.71 Å². The van der Waals surface area contributed by atoms with E-state index in [9.17, 15) is 21.6 Å². The van der Waals surface area contributed by atoms with Crippen LogP contribution in [0.5, 0.6) is 0 Å². The standard InChI is InChI=1S/C22H22FNO5S3/c1-22(2,23)20(21(25)17-13-14-30-16-17)15-24(31(26,27)18-9-5-3-6-10-18)32(28,29)19-11-7-4-8-12-19/h3-14,16,20H,15H2,1-2H3. The van der Waals surface area contributed by atoms with Crippen LogP contribution < -0.4 is 0 Å². The number of sulfonamides is 2. The monoisotopic (exact) mass is 495 g/mol. The highest BCUT2D eigenvalue weighted by Crippen LogP contribution is 2.32. The largest absolute Gasteiger partial charge is 0.294 e. The summed E-state index contributed by atoms with van der Waals surface area (Å²) < 4.78 is 69.2. The molecule has 0 aliphatic rings. The van der Waals surface area contributed by atoms with E-state index in [1.54, 1.807) is 17.5 Å². The van der Waals surface area contributed by atoms with E-state index in [4.69, 9.17) is 0 Å². The van der Waals surface area contributed by atoms with Crippen LogP contribution in [0.25, 0.3) is 0 Å². The molecule has 0 radical (unpaired) electrons. The number of halogens is 1. The van der Waals surface area contributed by atoms with Crippen LogP contribution in [0.3, 0.4) is 0 Å². The maximum Gasteiger partial charge on any atom is 0.256 e. The van der Waals surface area contributed by atoms with Gasteiger partial charge in [-0.15, -0.1) is 0 Å². The third kappa shape index (κ3) is 4.98. The van der Waals surface area contributed by atoms with Crippen LogP contribution >= 0.6 is 11.3 Å². The molecule has 32 heavy (non-hydrogen) atoms. The highest BCUT2D eigenvalue weighted by Gasteiger charge is 2.45. The van der Waals surface area contributed by atoms with Crippen molar-refractivity contribution in [3.05, 3.63) is 83.1 Å². The Hall–Kier alpha value is -2.40. The van der Waals surface area contributed by atoms with Crippen LogP contribution in [0.15, 0.2) is 87.3 Å². The Kier molecular flexibility index (Phi) is 6.99. The molecule has 0 aliphatic carbocycles. The number of thiophene rings is 1. The van der Waals surface area contributed by atoms with Gasteiger partial charge in [-0.25, -0.2) is 21.2 Å². The summed E-state index contributed by atoms with van der Waals surface area (Å²) in [5, 5.41) is 3.15. The van der Waals surface area contributed by atoms with Crippen LogP contribution in [-0.4, -0.2) is 38.5 Å². The average Bonchev–Trinajstić information content (AvgIpc) is 3.29. The Morgan fingerprint density at radius 3 is 1.75 bits per heavy atom. The Balaban J connectivity index is 2.17. The summed E-state index contributed by atoms with van der Waals surface area (Å²) in [4.78, 5) is 12.5. The molecule has 0 bridgehead atoms. The Morgan fingerprint density at radius 2 is 1.38 bits per heavy atom. The maximum atomic E-state index is 15.2. The molecule has 3 rings (SSSR count). The first-order valence-corrected chi connectivity index (χ1v) is 13.4. The molecule has 1 aromatic heterocycles. The molecular weight excluding hydrogens is 473 g/mol. The second-order valence-electron chi connectivity index (χ2n) is 7.58. The fourth-order valence-electron chi connectivity index (χ4n) is 3.11. The lowest BCUT2D eigenvalue weighted by Gasteiger charge is -2.31. The smallest absolute Gasteiger partial charge is 0.256 e. The molecule has 2 aromatic carbocycles. The summed E-state index contributed by atoms with van der Waals surface area (Å²) in [5.41, 5.74) is -2.00. The summed E-state index contributed by atoms with van der Waals surface area (Å²) in [7, 11) is -9.27. The number of Topliss-reactive ketones (excluding diaryl/α,β-unsaturated/α-hetero) is 1. The third-order valence-electron chi connectivity index (χ3n) is 4.90. The lowest BCUT2D eigenvalue weighted by atomic mass is 9.86. The van der Waals surface area contributed by atoms with E-state index < -0.39 is 44.0 Å². The molecule has 170 valence electrons. The minimum Gasteiger partial charge on any atom is -0.294 e. The van der Waals surface area contributed by atoms with Gasteiger partial charge in [0.15, 0.2) is 5.78 Å². The van der Waals surface area contributed by atoms with Crippen molar-refractivity contribution in [2.24, 2.45) is 5.92 Å². The summed E-state index contributed by atoms with van der Waals surface area (Å²) in [5.74, 6) is -2.23. The van der Waals surface area contributed by atoms with E-state index in [1.807, 2.05) is 0 Å². The highest BCUT2D eigenvalue weighted by molar-refractivity contribution is 8.04. The second-order valence-corrected chi connectivity index (χ2v) is 12.3. The van der Waals surface area contributed by atoms with Gasteiger partial charge in [-0.2, -0.15) is 11.3 Å². The lowest BCUT2D eigenvalue weighted by molar-refractivity contribution is 0.0681. The summed E-state index contributed by atoms with van der Waals surface area (Å²) in [6, 6.07) is 15.5. The van der Waals surface area contributed by atoms with E-state index in [1.165, 1.54) is 71.3 Å². The fraction of sp³-hybridized carbons (Fsp3) is 0.227. The van der Waals surface area contributed by atoms with Crippen LogP contribution in [0, 0.1) is 5.92 Å². The Labute approximate surface area is 191 Å². The van der Waals surface area contributed by atoms with Gasteiger partial charge in [0.1, 0.15) is 5.67 Å². The molecular formula is C22H22FNO5S3. The van der Waals surface area contributed by atoms with Crippen LogP contribution in [0.2, 0.25) is 0 Å². The van der Waals surface area contributed by atoms with E-state index in [0.717, 1.165) is 13.8 Å². The van der Waals surface area contributed by atoms with E-state index >= 15 is 4.39 Å². The van der Waals surface area contributed by atoms with Crippen molar-refractivity contribution < 1.29 is 26.0 Å². The lowest BCUT2D eigenvalue weighted by Crippen LogP contribution is -2.47. The van der Waals surface area contributed by atoms with E-state index in [-0.39, 0.29) is 19.1 Å². The number of alkyl halides is 1. The number of hydrogen-bond donors (Lipinski definition) is 0. The van der Waals surface area contributed by atoms with E-state index in [2.05, 4.69) is 0 Å². The van der Waals surface area contributed by atoms with Gasteiger partial charge < -0.3 is 0 Å². The zero-order valence-electron chi connectivity index (χ0n) is 17.4. The first kappa shape index (κ1) is 24.2. The molecule has 0 aliphatic heterocycles. The quantitative estimate of drug-likeness (QED) is 0.411. The van der Waals surface area contributed by atoms with Crippen molar-refractivity contribution >= 4 is 37.2 Å². The molecule has 0 amide bonds. The first-order valence-electron chi connectivity index (χ1n) is 9.59. The molecule has 0 spiro atoms. The van der Waals surface area contributed by atoms with Crippen molar-refractivity contribution in [3.8, 4) is 0 Å². The second kappa shape index (κ2) is 9.22. The van der Waals surface area contributed by atoms with Crippen molar-refractivity contribution in [3.63, 3.8) is 0 Å². The molecule has 0 saturated carbocycles. The van der Waals surface area contributed by atoms with Crippen molar-refractivity contribution in [2.45, 2.75) is 29.3 Å². The van der Waals surface area contributed by atoms with Gasteiger partial charge in [-0.1, -0.05) is 40.1 Å². The normalized spacial score (nSPS) is 13.8. The molecule has 10 heteroatoms. The number of nitrogens with zero attached hydrogens (tertiary/aromatic N) is 1. The fourth-order valence-corrected chi connectivity index (χ4v) is 7.47. The van der Waals surface area contributed by atoms with Crippen molar-refractivity contribution in [1.29, 1.82) is 0 Å². The number of ketones is 1. The zero-order valence-corrected chi connectivity index (χ0v) is 19.8. The molecule has 1 heterocycles. The van der Waals surface area contributed by atoms with Gasteiger partial charge in [0.2, 0.25) is 0 Å². The highest BCUT2D eigenvalue weighted by atomic mass is 32.3. The molecule has 0 saturated heterocycles. The molecule has 0 N–H and O–H groups in total. The maximum absolute atomic E-state index is 15.2. The molecule has 3 aromatic rings. The summed E-state index contributed by atoms with van der Waals surface area (Å²) in [6.45, 7) is 1.38. The van der Waals surface area contributed by atoms with Crippen LogP contribution in [-0.2, 0) is 20.0 Å². The summed E-state index contributed by atoms with van der Waals surface area (Å²) >= 11 is 1.23. The number of rotatable bonds is 9. The predicted octanol–water partition coefficient (Wildman–Crippen LogP) is 4.37. The SMILES string of the molecule is CC(C)(F)C(CN(S(=O)(=O)c1ccccc1)S(=O)(=O)c1ccccc1)C(=O)c1ccsc1. The first-order chi connectivity index (χ1) is 15.0. The number of carbonyl (C=O) groups is 1. The topological polar surface area (TPSA) is 88.6 Å². The van der Waals surface area contributed by atoms with Crippen LogP contribution in [0.1, 0.15) is 24.2 Å². The van der Waals surface area contributed by atoms with Gasteiger partial charge >= 0.3 is 0 Å².